The molecule has 0 radical (unpaired) electrons. The topological polar surface area (TPSA) is 306 Å². The summed E-state index contributed by atoms with van der Waals surface area (Å²) in [6, 6.07) is 0.610. The van der Waals surface area contributed by atoms with E-state index in [1.54, 1.807) is 42.1 Å². The first kappa shape index (κ1) is 57.0. The van der Waals surface area contributed by atoms with Crippen molar-refractivity contribution in [1.29, 1.82) is 0 Å². The second-order valence-corrected chi connectivity index (χ2v) is 19.3. The van der Waals surface area contributed by atoms with Gasteiger partial charge in [-0.1, -0.05) is 19.7 Å². The Morgan fingerprint density at radius 2 is 0.962 bits per heavy atom. The van der Waals surface area contributed by atoms with Crippen molar-refractivity contribution in [2.24, 2.45) is 0 Å². The molecule has 414 valence electrons. The van der Waals surface area contributed by atoms with Gasteiger partial charge in [0.25, 0.3) is 17.7 Å². The fourth-order valence-corrected chi connectivity index (χ4v) is 9.71. The van der Waals surface area contributed by atoms with Crippen molar-refractivity contribution in [3.05, 3.63) is 91.8 Å². The molecule has 9 rings (SSSR count). The number of fused-ring (bicyclic) bond motifs is 3. The Labute approximate surface area is 452 Å². The lowest BCUT2D eigenvalue weighted by atomic mass is 9.99. The highest BCUT2D eigenvalue weighted by atomic mass is 16.5. The van der Waals surface area contributed by atoms with Gasteiger partial charge in [0.15, 0.2) is 16.9 Å². The molecule has 0 bridgehead atoms. The van der Waals surface area contributed by atoms with E-state index in [1.165, 1.54) is 18.2 Å². The number of nitrogens with zero attached hydrogens (tertiary/aromatic N) is 9. The molecule has 8 N–H and O–H groups in total. The number of aromatic nitrogens is 9. The third-order valence-corrected chi connectivity index (χ3v) is 13.8. The lowest BCUT2D eigenvalue weighted by Gasteiger charge is -2.37. The van der Waals surface area contributed by atoms with Gasteiger partial charge in [0, 0.05) is 101 Å². The number of nitrogens with one attached hydrogen (secondary N) is 8. The maximum atomic E-state index is 12.1. The molecule has 0 aromatic carbocycles. The average molecular weight is 1070 g/mol. The zero-order chi connectivity index (χ0) is 56.0. The van der Waals surface area contributed by atoms with E-state index in [1.807, 2.05) is 51.3 Å². The summed E-state index contributed by atoms with van der Waals surface area (Å²) in [6.07, 6.45) is 18.7. The van der Waals surface area contributed by atoms with Crippen LogP contribution in [0, 0.1) is 0 Å². The highest BCUT2D eigenvalue weighted by molar-refractivity contribution is 6.06. The zero-order valence-electron chi connectivity index (χ0n) is 45.1. The molecule has 0 saturated carbocycles. The highest BCUT2D eigenvalue weighted by Crippen LogP contribution is 2.26. The number of carbonyl (C=O) groups excluding carboxylic acids is 6. The minimum Gasteiger partial charge on any atom is -0.473 e. The predicted molar refractivity (Wildman–Crippen MR) is 297 cm³/mol. The van der Waals surface area contributed by atoms with Gasteiger partial charge in [-0.05, 0) is 85.5 Å². The second kappa shape index (κ2) is 26.4. The lowest BCUT2D eigenvalue weighted by Crippen LogP contribution is -2.49. The first-order valence-electron chi connectivity index (χ1n) is 26.5. The first-order valence-corrected chi connectivity index (χ1v) is 26.5. The van der Waals surface area contributed by atoms with Gasteiger partial charge >= 0.3 is 0 Å². The van der Waals surface area contributed by atoms with Gasteiger partial charge in [-0.15, -0.1) is 0 Å². The number of H-pyrrole nitrogens is 3. The molecule has 78 heavy (non-hydrogen) atoms. The Morgan fingerprint density at radius 3 is 1.36 bits per heavy atom. The van der Waals surface area contributed by atoms with Crippen LogP contribution >= 0.6 is 0 Å². The molecule has 3 saturated heterocycles. The van der Waals surface area contributed by atoms with Gasteiger partial charge in [0.05, 0.1) is 35.3 Å². The molecule has 6 atom stereocenters. The molecule has 3 fully saturated rings. The number of carbonyl (C=O) groups is 6. The number of hydrogen-bond acceptors (Lipinski definition) is 15. The van der Waals surface area contributed by atoms with Gasteiger partial charge < -0.3 is 61.0 Å². The maximum Gasteiger partial charge on any atom is 0.255 e. The molecule has 6 aromatic rings. The van der Waals surface area contributed by atoms with E-state index in [0.29, 0.717) is 120 Å². The Balaban J connectivity index is 0.000000170. The van der Waals surface area contributed by atoms with E-state index < -0.39 is 0 Å². The fourth-order valence-electron chi connectivity index (χ4n) is 9.71. The van der Waals surface area contributed by atoms with Crippen LogP contribution in [0.3, 0.4) is 0 Å². The molecule has 24 heteroatoms. The molecule has 0 unspecified atom stereocenters. The van der Waals surface area contributed by atoms with Crippen molar-refractivity contribution in [3.63, 3.8) is 0 Å². The monoisotopic (exact) mass is 1070 g/mol. The van der Waals surface area contributed by atoms with Gasteiger partial charge in [0.2, 0.25) is 23.6 Å². The van der Waals surface area contributed by atoms with E-state index in [-0.39, 0.29) is 71.8 Å². The average Bonchev–Trinajstić information content (AvgIpc) is 4.24. The van der Waals surface area contributed by atoms with Crippen molar-refractivity contribution in [3.8, 4) is 5.88 Å². The predicted octanol–water partition coefficient (Wildman–Crippen LogP) is 5.02. The van der Waals surface area contributed by atoms with Crippen LogP contribution in [0.4, 0.5) is 11.6 Å². The summed E-state index contributed by atoms with van der Waals surface area (Å²) in [5.74, 6) is 0.819. The standard InChI is InChI=1S/2C18H24N6O2.C18H23N5O3/c2*1-4-15(25)24-10-12(7-6-11(24)3)22-14-9-21-17-16(23-14)13(8-20-17)18(26)19-5-2;1-4-15(24)23-7-6-12(8-11(23)3)26-14-10-21-17-16(22-14)13(9-20-17)18(25)19-5-2/h2*4,8-9,11-12H,1,5-7,10H2,2-3H3,(H,19,26)(H,20,21)(H,22,23);4,9-12H,1,5-8H2,2-3H3,(H,19,25)(H,20,21)/t3*11-,12+/m101/s1. The van der Waals surface area contributed by atoms with Crippen molar-refractivity contribution < 1.29 is 33.5 Å². The number of anilines is 2. The third kappa shape index (κ3) is 13.6. The Bertz CT molecular complexity index is 3010. The molecule has 24 nitrogen and oxygen atoms in total. The summed E-state index contributed by atoms with van der Waals surface area (Å²) in [5.41, 5.74) is 4.61. The zero-order valence-corrected chi connectivity index (χ0v) is 45.1. The largest absolute Gasteiger partial charge is 0.473 e. The number of aromatic amines is 3. The Hall–Kier alpha value is -8.70. The molecule has 3 aliphatic rings. The third-order valence-electron chi connectivity index (χ3n) is 13.8. The van der Waals surface area contributed by atoms with E-state index >= 15 is 0 Å². The molecule has 0 spiro atoms. The van der Waals surface area contributed by atoms with Crippen LogP contribution in [0.15, 0.2) is 75.1 Å². The van der Waals surface area contributed by atoms with Gasteiger partial charge in [-0.25, -0.2) is 29.9 Å². The normalized spacial score (nSPS) is 20.0. The molecule has 3 aliphatic heterocycles. The van der Waals surface area contributed by atoms with Crippen LogP contribution < -0.4 is 31.3 Å². The smallest absolute Gasteiger partial charge is 0.255 e. The minimum absolute atomic E-state index is 0.0579. The number of ether oxygens (including phenoxy) is 1. The Morgan fingerprint density at radius 1 is 0.564 bits per heavy atom. The van der Waals surface area contributed by atoms with Gasteiger partial charge in [0.1, 0.15) is 34.3 Å². The number of rotatable bonds is 15. The second-order valence-electron chi connectivity index (χ2n) is 19.3. The molecule has 6 aromatic heterocycles. The van der Waals surface area contributed by atoms with Crippen molar-refractivity contribution in [2.75, 3.05) is 49.9 Å². The van der Waals surface area contributed by atoms with Crippen molar-refractivity contribution in [2.45, 2.75) is 116 Å². The summed E-state index contributed by atoms with van der Waals surface area (Å²) in [4.78, 5) is 113. The number of hydrogen-bond donors (Lipinski definition) is 8. The number of piperidine rings is 3. The fraction of sp³-hybridized carbons (Fsp3) is 0.444. The molecular weight excluding hydrogens is 999 g/mol. The van der Waals surface area contributed by atoms with Gasteiger partial charge in [-0.3, -0.25) is 28.8 Å². The summed E-state index contributed by atoms with van der Waals surface area (Å²) in [5, 5.41) is 15.0. The summed E-state index contributed by atoms with van der Waals surface area (Å²) in [7, 11) is 0. The van der Waals surface area contributed by atoms with E-state index in [4.69, 9.17) is 4.74 Å². The first-order chi connectivity index (χ1) is 37.6. The quantitative estimate of drug-likeness (QED) is 0.0626. The Kier molecular flexibility index (Phi) is 19.3. The molecule has 6 amide bonds. The summed E-state index contributed by atoms with van der Waals surface area (Å²) >= 11 is 0. The van der Waals surface area contributed by atoms with Crippen LogP contribution in [0.5, 0.6) is 5.88 Å². The van der Waals surface area contributed by atoms with Crippen molar-refractivity contribution in [1.82, 2.24) is 75.5 Å². The SMILES string of the molecule is C=CC(=O)N1CC[C@H](Oc2cnc3[nH]cc(C(=O)NCC)c3n2)C[C@H]1C.C=CC(=O)N1C[C@@H](Nc2cnc3[nH]cc(C(=O)NCC)c3n2)CC[C@H]1C.C=CC(=O)N1C[C@H](Nc2cnc3[nH]cc(C(=O)NCC)c3n2)CC[C@@H]1C. The van der Waals surface area contributed by atoms with Gasteiger partial charge in [-0.2, -0.15) is 0 Å². The van der Waals surface area contributed by atoms with E-state index in [9.17, 15) is 28.8 Å². The number of likely N-dealkylation sites (tertiary alicyclic amines) is 3. The molecule has 0 aliphatic carbocycles. The van der Waals surface area contributed by atoms with Crippen LogP contribution in [-0.4, -0.2) is 171 Å². The maximum absolute atomic E-state index is 12.1. The van der Waals surface area contributed by atoms with E-state index in [2.05, 4.69) is 91.2 Å². The van der Waals surface area contributed by atoms with Crippen LogP contribution in [0.25, 0.3) is 33.5 Å². The molecular formula is C54H71N17O7. The van der Waals surface area contributed by atoms with Crippen LogP contribution in [0.2, 0.25) is 0 Å². The summed E-state index contributed by atoms with van der Waals surface area (Å²) in [6.45, 7) is 25.8. The van der Waals surface area contributed by atoms with Crippen LogP contribution in [0.1, 0.15) is 111 Å². The van der Waals surface area contributed by atoms with Crippen LogP contribution in [-0.2, 0) is 14.4 Å². The summed E-state index contributed by atoms with van der Waals surface area (Å²) < 4.78 is 5.98. The minimum atomic E-state index is -0.199. The lowest BCUT2D eigenvalue weighted by molar-refractivity contribution is -0.131. The van der Waals surface area contributed by atoms with E-state index in [0.717, 1.165) is 25.7 Å². The highest BCUT2D eigenvalue weighted by Gasteiger charge is 2.31. The number of amides is 6. The van der Waals surface area contributed by atoms with Crippen molar-refractivity contribution >= 4 is 80.6 Å². The molecule has 9 heterocycles.